The first-order chi connectivity index (χ1) is 18.5. The fraction of sp³-hybridized carbons (Fsp3) is 0.536. The minimum absolute atomic E-state index is 0.0346. The Morgan fingerprint density at radius 1 is 1.21 bits per heavy atom. The van der Waals surface area contributed by atoms with E-state index in [0.717, 1.165) is 31.5 Å². The number of nitrogens with zero attached hydrogens (tertiary/aromatic N) is 1. The Labute approximate surface area is 224 Å². The van der Waals surface area contributed by atoms with Crippen molar-refractivity contribution >= 4 is 17.5 Å². The predicted molar refractivity (Wildman–Crippen MR) is 137 cm³/mol. The molecule has 0 unspecified atom stereocenters. The van der Waals surface area contributed by atoms with Gasteiger partial charge in [-0.2, -0.15) is 0 Å². The zero-order valence-corrected chi connectivity index (χ0v) is 21.6. The summed E-state index contributed by atoms with van der Waals surface area (Å²) in [5.74, 6) is -6.03. The summed E-state index contributed by atoms with van der Waals surface area (Å²) in [6, 6.07) is 0.205. The van der Waals surface area contributed by atoms with Gasteiger partial charge in [0.2, 0.25) is 5.78 Å². The molecule has 11 nitrogen and oxygen atoms in total. The highest BCUT2D eigenvalue weighted by atomic mass is 16.5. The smallest absolute Gasteiger partial charge is 0.255 e. The maximum absolute atomic E-state index is 13.8. The molecule has 11 heteroatoms. The largest absolute Gasteiger partial charge is 0.510 e. The van der Waals surface area contributed by atoms with Crippen LogP contribution in [0.15, 0.2) is 28.7 Å². The van der Waals surface area contributed by atoms with Crippen molar-refractivity contribution in [1.29, 1.82) is 0 Å². The van der Waals surface area contributed by atoms with Crippen LogP contribution in [0, 0.1) is 17.8 Å². The maximum atomic E-state index is 13.8. The zero-order valence-electron chi connectivity index (χ0n) is 21.6. The first-order valence-electron chi connectivity index (χ1n) is 13.4. The number of amides is 1. The number of likely N-dealkylation sites (tertiary alicyclic amines) is 1. The molecule has 5 aliphatic rings. The molecule has 1 amide bonds. The number of allylic oxidation sites excluding steroid dienone is 1. The van der Waals surface area contributed by atoms with Gasteiger partial charge in [0, 0.05) is 35.2 Å². The van der Waals surface area contributed by atoms with Crippen molar-refractivity contribution in [3.63, 3.8) is 0 Å². The monoisotopic (exact) mass is 539 g/mol. The molecule has 4 aliphatic carbocycles. The van der Waals surface area contributed by atoms with E-state index in [1.165, 1.54) is 20.0 Å². The van der Waals surface area contributed by atoms with E-state index in [-0.39, 0.29) is 35.8 Å². The molecular weight excluding hydrogens is 506 g/mol. The number of ether oxygens (including phenoxy) is 1. The van der Waals surface area contributed by atoms with Gasteiger partial charge >= 0.3 is 0 Å². The molecule has 1 heterocycles. The zero-order chi connectivity index (χ0) is 28.0. The Bertz CT molecular complexity index is 1380. The lowest BCUT2D eigenvalue weighted by molar-refractivity contribution is -0.145. The molecule has 6 rings (SSSR count). The maximum Gasteiger partial charge on any atom is 0.255 e. The lowest BCUT2D eigenvalue weighted by Gasteiger charge is -2.47. The number of nitrogens with two attached hydrogens (primary N) is 2. The predicted octanol–water partition coefficient (Wildman–Crippen LogP) is 1.07. The van der Waals surface area contributed by atoms with Crippen LogP contribution < -0.4 is 16.2 Å². The van der Waals surface area contributed by atoms with Crippen molar-refractivity contribution in [2.75, 3.05) is 20.2 Å². The number of carbonyl (C=O) groups is 3. The third-order valence-electron chi connectivity index (χ3n) is 9.35. The summed E-state index contributed by atoms with van der Waals surface area (Å²) in [5.41, 5.74) is 8.80. The Morgan fingerprint density at radius 2 is 1.92 bits per heavy atom. The molecule has 0 bridgehead atoms. The number of phenolic OH excluding ortho intramolecular Hbond substituents is 1. The van der Waals surface area contributed by atoms with Gasteiger partial charge in [0.05, 0.1) is 18.7 Å². The lowest BCUT2D eigenvalue weighted by Crippen LogP contribution is -2.63. The first-order valence-corrected chi connectivity index (χ1v) is 13.4. The fourth-order valence-corrected chi connectivity index (χ4v) is 7.31. The Kier molecular flexibility index (Phi) is 5.83. The molecular formula is C28H33N3O8. The van der Waals surface area contributed by atoms with Gasteiger partial charge in [0.1, 0.15) is 28.6 Å². The van der Waals surface area contributed by atoms with Gasteiger partial charge in [0.25, 0.3) is 5.91 Å². The van der Waals surface area contributed by atoms with E-state index >= 15 is 0 Å². The quantitative estimate of drug-likeness (QED) is 0.294. The number of fused-ring (bicyclic) bond motifs is 3. The van der Waals surface area contributed by atoms with Crippen LogP contribution in [-0.4, -0.2) is 74.6 Å². The molecule has 1 aromatic rings. The summed E-state index contributed by atoms with van der Waals surface area (Å²) >= 11 is 0. The molecule has 1 saturated heterocycles. The van der Waals surface area contributed by atoms with Gasteiger partial charge in [-0.25, -0.2) is 0 Å². The molecule has 5 atom stereocenters. The van der Waals surface area contributed by atoms with E-state index in [1.807, 2.05) is 0 Å². The Hall–Kier alpha value is -3.41. The number of Topliss-reactive ketones (excluding diaryl/α,β-unsaturated/α-hetero) is 2. The average molecular weight is 540 g/mol. The number of ketones is 2. The van der Waals surface area contributed by atoms with Crippen molar-refractivity contribution in [2.24, 2.45) is 29.2 Å². The number of primary amides is 1. The van der Waals surface area contributed by atoms with E-state index in [4.69, 9.17) is 16.2 Å². The van der Waals surface area contributed by atoms with Crippen molar-refractivity contribution in [3.8, 4) is 11.5 Å². The molecule has 39 heavy (non-hydrogen) atoms. The number of benzene rings is 1. The summed E-state index contributed by atoms with van der Waals surface area (Å²) in [6.45, 7) is 1.92. The highest BCUT2D eigenvalue weighted by molar-refractivity contribution is 6.24. The molecule has 1 aromatic carbocycles. The highest BCUT2D eigenvalue weighted by Crippen LogP contribution is 2.54. The molecule has 8 N–H and O–H groups in total. The van der Waals surface area contributed by atoms with Gasteiger partial charge in [-0.3, -0.25) is 19.3 Å². The number of hydrogen-bond donors (Lipinski definition) is 6. The lowest BCUT2D eigenvalue weighted by atomic mass is 9.59. The van der Waals surface area contributed by atoms with Gasteiger partial charge in [-0.05, 0) is 63.0 Å². The van der Waals surface area contributed by atoms with Crippen LogP contribution in [-0.2, 0) is 16.0 Å². The van der Waals surface area contributed by atoms with Crippen LogP contribution in [0.2, 0.25) is 0 Å². The van der Waals surface area contributed by atoms with Crippen LogP contribution in [0.5, 0.6) is 11.5 Å². The summed E-state index contributed by atoms with van der Waals surface area (Å²) < 4.78 is 5.86. The normalized spacial score (nSPS) is 32.7. The molecule has 0 spiro atoms. The molecule has 1 saturated carbocycles. The fourth-order valence-electron chi connectivity index (χ4n) is 7.31. The number of aromatic hydroxyl groups is 1. The number of carbonyl (C=O) groups excluding carboxylic acids is 3. The van der Waals surface area contributed by atoms with Gasteiger partial charge in [-0.1, -0.05) is 0 Å². The molecule has 0 aromatic heterocycles. The number of methoxy groups -OCH3 is 1. The molecule has 2 fully saturated rings. The summed E-state index contributed by atoms with van der Waals surface area (Å²) in [6.07, 6.45) is 4.46. The summed E-state index contributed by atoms with van der Waals surface area (Å²) in [4.78, 5) is 41.3. The SMILES string of the molecule is COc1c([C@@H]2CCCN2CC2CC2)cc(O)c2c1C[C@H]1C[C@H]3[C@H](N)C(O)=C(C(N)=O)C(=O)[C@@]3(O)C(O)=C1C2=O. The van der Waals surface area contributed by atoms with E-state index in [9.17, 15) is 34.8 Å². The van der Waals surface area contributed by atoms with Crippen LogP contribution in [0.25, 0.3) is 0 Å². The van der Waals surface area contributed by atoms with E-state index in [1.54, 1.807) is 6.07 Å². The van der Waals surface area contributed by atoms with Crippen LogP contribution in [0.1, 0.15) is 59.6 Å². The minimum Gasteiger partial charge on any atom is -0.510 e. The van der Waals surface area contributed by atoms with Gasteiger partial charge in [-0.15, -0.1) is 0 Å². The number of phenols is 1. The van der Waals surface area contributed by atoms with Crippen LogP contribution in [0.4, 0.5) is 0 Å². The average Bonchev–Trinajstić information content (AvgIpc) is 3.58. The number of hydrogen-bond acceptors (Lipinski definition) is 10. The summed E-state index contributed by atoms with van der Waals surface area (Å²) in [7, 11) is 1.52. The second kappa shape index (κ2) is 8.80. The third kappa shape index (κ3) is 3.56. The Balaban J connectivity index is 1.46. The Morgan fingerprint density at radius 3 is 2.56 bits per heavy atom. The second-order valence-electron chi connectivity index (χ2n) is 11.5. The minimum atomic E-state index is -2.72. The first kappa shape index (κ1) is 25.8. The molecule has 0 radical (unpaired) electrons. The number of rotatable bonds is 5. The van der Waals surface area contributed by atoms with Crippen molar-refractivity contribution in [2.45, 2.75) is 56.2 Å². The molecule has 208 valence electrons. The van der Waals surface area contributed by atoms with Gasteiger partial charge < -0.3 is 36.6 Å². The second-order valence-corrected chi connectivity index (χ2v) is 11.5. The number of aliphatic hydroxyl groups excluding tert-OH is 2. The van der Waals surface area contributed by atoms with Crippen molar-refractivity contribution in [1.82, 2.24) is 4.90 Å². The van der Waals surface area contributed by atoms with Gasteiger partial charge in [0.15, 0.2) is 11.4 Å². The van der Waals surface area contributed by atoms with Crippen molar-refractivity contribution < 1.29 is 39.5 Å². The van der Waals surface area contributed by atoms with Crippen LogP contribution >= 0.6 is 0 Å². The van der Waals surface area contributed by atoms with Crippen LogP contribution in [0.3, 0.4) is 0 Å². The third-order valence-corrected chi connectivity index (χ3v) is 9.35. The molecule has 1 aliphatic heterocycles. The standard InChI is InChI=1S/C28H33N3O8/c1-39-24-13(16-3-2-6-31(16)10-11-4-5-11)9-17(32)19-14(24)7-12-8-15-21(29)23(34)20(27(30)37)26(36)28(15,38)25(35)18(12)22(19)33/h9,11-12,15-16,21,32,34-35,38H,2-8,10,29H2,1H3,(H2,30,37)/t12-,15-,16-,21-,28-/m0/s1. The van der Waals surface area contributed by atoms with E-state index < -0.39 is 58.0 Å². The van der Waals surface area contributed by atoms with Crippen molar-refractivity contribution in [3.05, 3.63) is 45.4 Å². The topological polar surface area (TPSA) is 197 Å². The van der Waals surface area contributed by atoms with E-state index in [2.05, 4.69) is 4.90 Å². The highest BCUT2D eigenvalue weighted by Gasteiger charge is 2.62. The summed E-state index contributed by atoms with van der Waals surface area (Å²) in [5, 5.41) is 44.3. The number of aliphatic hydroxyl groups is 3. The van der Waals surface area contributed by atoms with E-state index in [0.29, 0.717) is 17.2 Å².